The highest BCUT2D eigenvalue weighted by Gasteiger charge is 2.25. The average Bonchev–Trinajstić information content (AvgIpc) is 2.48. The molecular formula is C16H25FN2O. The molecule has 0 spiro atoms. The van der Waals surface area contributed by atoms with Gasteiger partial charge in [0.05, 0.1) is 6.10 Å². The Labute approximate surface area is 120 Å². The van der Waals surface area contributed by atoms with Crippen molar-refractivity contribution in [2.75, 3.05) is 26.2 Å². The zero-order chi connectivity index (χ0) is 14.4. The molecule has 1 aliphatic rings. The first-order chi connectivity index (χ1) is 9.72. The molecule has 20 heavy (non-hydrogen) atoms. The van der Waals surface area contributed by atoms with Gasteiger partial charge in [0, 0.05) is 31.3 Å². The number of likely N-dealkylation sites (tertiary alicyclic amines) is 1. The zero-order valence-electron chi connectivity index (χ0n) is 12.2. The van der Waals surface area contributed by atoms with E-state index < -0.39 is 0 Å². The van der Waals surface area contributed by atoms with Crippen LogP contribution in [0.1, 0.15) is 37.8 Å². The molecule has 0 radical (unpaired) electrons. The summed E-state index contributed by atoms with van der Waals surface area (Å²) in [5.41, 5.74) is 6.25. The molecule has 2 N–H and O–H groups in total. The van der Waals surface area contributed by atoms with Gasteiger partial charge in [-0.2, -0.15) is 0 Å². The van der Waals surface area contributed by atoms with Crippen LogP contribution in [-0.4, -0.2) is 37.2 Å². The number of nitrogens with two attached hydrogens (primary N) is 1. The largest absolute Gasteiger partial charge is 0.378 e. The normalized spacial score (nSPS) is 19.1. The first-order valence-corrected chi connectivity index (χ1v) is 7.52. The SMILES string of the molecule is CC(c1ccccc1F)N1CCC(OCCCN)CC1. The molecule has 1 aliphatic heterocycles. The van der Waals surface area contributed by atoms with Crippen molar-refractivity contribution in [3.05, 3.63) is 35.6 Å². The van der Waals surface area contributed by atoms with E-state index in [0.717, 1.165) is 44.5 Å². The molecule has 0 aromatic heterocycles. The molecule has 112 valence electrons. The molecule has 1 aromatic carbocycles. The van der Waals surface area contributed by atoms with E-state index in [1.54, 1.807) is 6.07 Å². The number of rotatable bonds is 6. The van der Waals surface area contributed by atoms with Gasteiger partial charge in [-0.1, -0.05) is 18.2 Å². The van der Waals surface area contributed by atoms with Crippen LogP contribution in [0.3, 0.4) is 0 Å². The van der Waals surface area contributed by atoms with Crippen molar-refractivity contribution in [3.8, 4) is 0 Å². The molecule has 0 saturated carbocycles. The van der Waals surface area contributed by atoms with Gasteiger partial charge in [0.1, 0.15) is 5.82 Å². The molecular weight excluding hydrogens is 255 g/mol. The predicted molar refractivity (Wildman–Crippen MR) is 79.0 cm³/mol. The molecule has 1 unspecified atom stereocenters. The van der Waals surface area contributed by atoms with E-state index in [9.17, 15) is 4.39 Å². The van der Waals surface area contributed by atoms with Crippen molar-refractivity contribution < 1.29 is 9.13 Å². The lowest BCUT2D eigenvalue weighted by atomic mass is 10.0. The predicted octanol–water partition coefficient (Wildman–Crippen LogP) is 2.72. The highest BCUT2D eigenvalue weighted by molar-refractivity contribution is 5.20. The van der Waals surface area contributed by atoms with Crippen LogP contribution in [-0.2, 0) is 4.74 Å². The van der Waals surface area contributed by atoms with E-state index in [1.165, 1.54) is 6.07 Å². The fraction of sp³-hybridized carbons (Fsp3) is 0.625. The summed E-state index contributed by atoms with van der Waals surface area (Å²) in [4.78, 5) is 2.33. The van der Waals surface area contributed by atoms with Crippen molar-refractivity contribution in [1.82, 2.24) is 4.90 Å². The van der Waals surface area contributed by atoms with Crippen molar-refractivity contribution in [2.45, 2.75) is 38.3 Å². The fourth-order valence-corrected chi connectivity index (χ4v) is 2.77. The summed E-state index contributed by atoms with van der Waals surface area (Å²) in [6.07, 6.45) is 3.30. The van der Waals surface area contributed by atoms with Crippen LogP contribution in [0, 0.1) is 5.82 Å². The molecule has 4 heteroatoms. The number of nitrogens with zero attached hydrogens (tertiary/aromatic N) is 1. The van der Waals surface area contributed by atoms with Gasteiger partial charge in [-0.15, -0.1) is 0 Å². The molecule has 0 aliphatic carbocycles. The molecule has 1 saturated heterocycles. The Kier molecular flexibility index (Phi) is 5.95. The standard InChI is InChI=1S/C16H25FN2O/c1-13(15-5-2-3-6-16(15)17)19-10-7-14(8-11-19)20-12-4-9-18/h2-3,5-6,13-14H,4,7-12,18H2,1H3. The highest BCUT2D eigenvalue weighted by Crippen LogP contribution is 2.26. The van der Waals surface area contributed by atoms with Crippen molar-refractivity contribution in [2.24, 2.45) is 5.73 Å². The van der Waals surface area contributed by atoms with E-state index in [-0.39, 0.29) is 11.9 Å². The monoisotopic (exact) mass is 280 g/mol. The van der Waals surface area contributed by atoms with E-state index >= 15 is 0 Å². The Morgan fingerprint density at radius 3 is 2.70 bits per heavy atom. The van der Waals surface area contributed by atoms with Gasteiger partial charge < -0.3 is 10.5 Å². The molecule has 1 fully saturated rings. The van der Waals surface area contributed by atoms with E-state index in [4.69, 9.17) is 10.5 Å². The second kappa shape index (κ2) is 7.72. The Bertz CT molecular complexity index is 405. The number of ether oxygens (including phenoxy) is 1. The summed E-state index contributed by atoms with van der Waals surface area (Å²) in [5.74, 6) is -0.110. The van der Waals surface area contributed by atoms with Crippen molar-refractivity contribution in [1.29, 1.82) is 0 Å². The quantitative estimate of drug-likeness (QED) is 0.814. The smallest absolute Gasteiger partial charge is 0.127 e. The molecule has 1 atom stereocenters. The summed E-state index contributed by atoms with van der Waals surface area (Å²) >= 11 is 0. The summed E-state index contributed by atoms with van der Waals surface area (Å²) < 4.78 is 19.6. The second-order valence-corrected chi connectivity index (χ2v) is 5.45. The van der Waals surface area contributed by atoms with Gasteiger partial charge >= 0.3 is 0 Å². The van der Waals surface area contributed by atoms with Gasteiger partial charge in [-0.05, 0) is 38.8 Å². The number of piperidine rings is 1. The zero-order valence-corrected chi connectivity index (χ0v) is 12.2. The Morgan fingerprint density at radius 1 is 1.35 bits per heavy atom. The van der Waals surface area contributed by atoms with E-state index in [1.807, 2.05) is 12.1 Å². The molecule has 0 amide bonds. The van der Waals surface area contributed by atoms with E-state index in [0.29, 0.717) is 12.6 Å². The van der Waals surface area contributed by atoms with Crippen LogP contribution in [0.5, 0.6) is 0 Å². The van der Waals surface area contributed by atoms with Crippen molar-refractivity contribution >= 4 is 0 Å². The topological polar surface area (TPSA) is 38.5 Å². The van der Waals surface area contributed by atoms with Crippen LogP contribution in [0.4, 0.5) is 4.39 Å². The number of hydrogen-bond acceptors (Lipinski definition) is 3. The lowest BCUT2D eigenvalue weighted by Gasteiger charge is -2.36. The van der Waals surface area contributed by atoms with Crippen LogP contribution < -0.4 is 5.73 Å². The maximum absolute atomic E-state index is 13.8. The van der Waals surface area contributed by atoms with Gasteiger partial charge in [-0.25, -0.2) is 4.39 Å². The molecule has 3 nitrogen and oxygen atoms in total. The third-order valence-electron chi connectivity index (χ3n) is 4.08. The maximum Gasteiger partial charge on any atom is 0.127 e. The van der Waals surface area contributed by atoms with Gasteiger partial charge in [0.25, 0.3) is 0 Å². The number of benzene rings is 1. The van der Waals surface area contributed by atoms with Crippen LogP contribution in [0.15, 0.2) is 24.3 Å². The maximum atomic E-state index is 13.8. The summed E-state index contributed by atoms with van der Waals surface area (Å²) in [6.45, 7) is 5.44. The summed E-state index contributed by atoms with van der Waals surface area (Å²) in [6, 6.07) is 7.18. The Morgan fingerprint density at radius 2 is 2.05 bits per heavy atom. The van der Waals surface area contributed by atoms with Crippen LogP contribution in [0.2, 0.25) is 0 Å². The summed E-state index contributed by atoms with van der Waals surface area (Å²) in [5, 5.41) is 0. The summed E-state index contributed by atoms with van der Waals surface area (Å²) in [7, 11) is 0. The van der Waals surface area contributed by atoms with Crippen LogP contribution in [0.25, 0.3) is 0 Å². The molecule has 2 rings (SSSR count). The minimum absolute atomic E-state index is 0.110. The van der Waals surface area contributed by atoms with Gasteiger partial charge in [0.2, 0.25) is 0 Å². The Balaban J connectivity index is 1.83. The molecule has 0 bridgehead atoms. The van der Waals surface area contributed by atoms with Gasteiger partial charge in [0.15, 0.2) is 0 Å². The average molecular weight is 280 g/mol. The minimum Gasteiger partial charge on any atom is -0.378 e. The number of halogens is 1. The fourth-order valence-electron chi connectivity index (χ4n) is 2.77. The minimum atomic E-state index is -0.110. The first kappa shape index (κ1) is 15.4. The first-order valence-electron chi connectivity index (χ1n) is 7.52. The highest BCUT2D eigenvalue weighted by atomic mass is 19.1. The number of hydrogen-bond donors (Lipinski definition) is 1. The van der Waals surface area contributed by atoms with Crippen molar-refractivity contribution in [3.63, 3.8) is 0 Å². The third kappa shape index (κ3) is 4.01. The second-order valence-electron chi connectivity index (χ2n) is 5.45. The molecule has 1 heterocycles. The third-order valence-corrected chi connectivity index (χ3v) is 4.08. The van der Waals surface area contributed by atoms with Crippen LogP contribution >= 0.6 is 0 Å². The lowest BCUT2D eigenvalue weighted by molar-refractivity contribution is -0.00103. The van der Waals surface area contributed by atoms with Gasteiger partial charge in [-0.3, -0.25) is 4.90 Å². The molecule has 1 aromatic rings. The van der Waals surface area contributed by atoms with E-state index in [2.05, 4.69) is 11.8 Å². The Hall–Kier alpha value is -0.970. The lowest BCUT2D eigenvalue weighted by Crippen LogP contribution is -2.39.